The van der Waals surface area contributed by atoms with Crippen LogP contribution < -0.4 is 5.32 Å². The van der Waals surface area contributed by atoms with Crippen LogP contribution in [-0.2, 0) is 11.2 Å². The third kappa shape index (κ3) is 6.41. The zero-order valence-electron chi connectivity index (χ0n) is 24.9. The Hall–Kier alpha value is -4.37. The number of likely N-dealkylation sites (N-methyl/N-ethyl adjacent to an activating group) is 1. The van der Waals surface area contributed by atoms with E-state index in [9.17, 15) is 9.59 Å². The van der Waals surface area contributed by atoms with Gasteiger partial charge in [-0.2, -0.15) is 0 Å². The van der Waals surface area contributed by atoms with Crippen molar-refractivity contribution >= 4 is 23.1 Å². The van der Waals surface area contributed by atoms with Gasteiger partial charge in [-0.15, -0.1) is 0 Å². The number of imidazole rings is 1. The molecular weight excluding hydrogens is 526 g/mol. The van der Waals surface area contributed by atoms with Crippen LogP contribution in [0.15, 0.2) is 67.1 Å². The van der Waals surface area contributed by atoms with E-state index in [1.54, 1.807) is 18.5 Å². The molecule has 1 aromatic carbocycles. The van der Waals surface area contributed by atoms with Gasteiger partial charge in [0.1, 0.15) is 11.6 Å². The Balaban J connectivity index is 1.43. The number of rotatable bonds is 9. The fraction of sp³-hybridized carbons (Fsp3) is 0.364. The molecule has 0 aliphatic carbocycles. The molecule has 1 N–H and O–H groups in total. The van der Waals surface area contributed by atoms with Crippen LogP contribution in [0.5, 0.6) is 0 Å². The van der Waals surface area contributed by atoms with Gasteiger partial charge in [-0.3, -0.25) is 19.0 Å². The molecule has 1 fully saturated rings. The Morgan fingerprint density at radius 1 is 1.10 bits per heavy atom. The number of nitrogens with zero attached hydrogens (tertiary/aromatic N) is 6. The number of likely N-dealkylation sites (tertiary alicyclic amines) is 1. The number of pyridine rings is 1. The maximum atomic E-state index is 13.3. The number of nitrogens with one attached hydrogen (secondary N) is 1. The predicted octanol–water partition coefficient (Wildman–Crippen LogP) is 5.48. The SMILES string of the molecule is CCCc1ccnc(NC(=O)c2ccc(-c3nc([C@@H]4CCCCN4C(=O)C=CCN(C)C)n4ccnc(C)c34)cc2)c1. The molecule has 0 spiro atoms. The lowest BCUT2D eigenvalue weighted by Gasteiger charge is -2.34. The first kappa shape index (κ1) is 29.1. The van der Waals surface area contributed by atoms with Gasteiger partial charge < -0.3 is 15.1 Å². The number of hydrogen-bond acceptors (Lipinski definition) is 6. The number of amides is 2. The smallest absolute Gasteiger partial charge is 0.256 e. The Morgan fingerprint density at radius 3 is 2.67 bits per heavy atom. The van der Waals surface area contributed by atoms with Gasteiger partial charge in [-0.25, -0.2) is 9.97 Å². The largest absolute Gasteiger partial charge is 0.329 e. The molecule has 0 saturated carbocycles. The first-order valence-electron chi connectivity index (χ1n) is 14.7. The number of carbonyl (C=O) groups excluding carboxylic acids is 2. The summed E-state index contributed by atoms with van der Waals surface area (Å²) in [5.41, 5.74) is 5.11. The van der Waals surface area contributed by atoms with E-state index in [1.165, 1.54) is 0 Å². The van der Waals surface area contributed by atoms with Crippen LogP contribution >= 0.6 is 0 Å². The van der Waals surface area contributed by atoms with Crippen molar-refractivity contribution in [3.63, 3.8) is 0 Å². The number of fused-ring (bicyclic) bond motifs is 1. The maximum absolute atomic E-state index is 13.3. The maximum Gasteiger partial charge on any atom is 0.256 e. The van der Waals surface area contributed by atoms with Gasteiger partial charge in [-0.05, 0) is 76.5 Å². The summed E-state index contributed by atoms with van der Waals surface area (Å²) in [7, 11) is 3.96. The van der Waals surface area contributed by atoms with Crippen LogP contribution in [0.25, 0.3) is 16.8 Å². The van der Waals surface area contributed by atoms with E-state index < -0.39 is 0 Å². The highest BCUT2D eigenvalue weighted by Gasteiger charge is 2.31. The summed E-state index contributed by atoms with van der Waals surface area (Å²) in [6.07, 6.45) is 13.8. The van der Waals surface area contributed by atoms with Gasteiger partial charge in [0.2, 0.25) is 5.91 Å². The molecule has 9 nitrogen and oxygen atoms in total. The predicted molar refractivity (Wildman–Crippen MR) is 165 cm³/mol. The molecular formula is C33H39N7O2. The first-order chi connectivity index (χ1) is 20.4. The molecule has 0 radical (unpaired) electrons. The van der Waals surface area contributed by atoms with Gasteiger partial charge in [0, 0.05) is 48.9 Å². The normalized spacial score (nSPS) is 15.5. The lowest BCUT2D eigenvalue weighted by molar-refractivity contribution is -0.130. The quantitative estimate of drug-likeness (QED) is 0.270. The van der Waals surface area contributed by atoms with Crippen LogP contribution in [0.2, 0.25) is 0 Å². The minimum atomic E-state index is -0.213. The minimum absolute atomic E-state index is 0.00992. The van der Waals surface area contributed by atoms with E-state index in [0.29, 0.717) is 24.5 Å². The van der Waals surface area contributed by atoms with Crippen molar-refractivity contribution in [2.75, 3.05) is 32.5 Å². The minimum Gasteiger partial charge on any atom is -0.329 e. The molecule has 0 bridgehead atoms. The Kier molecular flexibility index (Phi) is 9.07. The first-order valence-corrected chi connectivity index (χ1v) is 14.7. The number of piperidine rings is 1. The fourth-order valence-corrected chi connectivity index (χ4v) is 5.53. The molecule has 1 atom stereocenters. The van der Waals surface area contributed by atoms with Crippen molar-refractivity contribution in [1.82, 2.24) is 29.2 Å². The van der Waals surface area contributed by atoms with Gasteiger partial charge >= 0.3 is 0 Å². The van der Waals surface area contributed by atoms with Gasteiger partial charge in [0.25, 0.3) is 5.91 Å². The van der Waals surface area contributed by atoms with E-state index in [2.05, 4.69) is 26.6 Å². The highest BCUT2D eigenvalue weighted by atomic mass is 16.2. The number of anilines is 1. The lowest BCUT2D eigenvalue weighted by atomic mass is 10.0. The standard InChI is InChI=1S/C33H39N7O2/c1-5-9-24-16-17-35-28(22-24)36-33(42)26-14-12-25(13-15-26)30-31-23(2)34-18-21-40(31)32(37-30)27-10-6-7-20-39(27)29(41)11-8-19-38(3)4/h8,11-18,21-22,27H,5-7,9-10,19-20H2,1-4H3,(H,35,36,42)/t27-/m0/s1. The van der Waals surface area contributed by atoms with Crippen molar-refractivity contribution in [3.8, 4) is 11.3 Å². The molecule has 1 aliphatic rings. The Labute approximate surface area is 247 Å². The number of aromatic nitrogens is 4. The van der Waals surface area contributed by atoms with E-state index >= 15 is 0 Å². The van der Waals surface area contributed by atoms with Gasteiger partial charge in [0.05, 0.1) is 22.9 Å². The molecule has 9 heteroatoms. The van der Waals surface area contributed by atoms with Crippen LogP contribution in [0.3, 0.4) is 0 Å². The number of benzene rings is 1. The van der Waals surface area contributed by atoms with E-state index in [4.69, 9.17) is 4.98 Å². The Bertz CT molecular complexity index is 1590. The third-order valence-electron chi connectivity index (χ3n) is 7.61. The summed E-state index contributed by atoms with van der Waals surface area (Å²) in [5, 5.41) is 2.91. The Morgan fingerprint density at radius 2 is 1.90 bits per heavy atom. The number of hydrogen-bond donors (Lipinski definition) is 1. The second kappa shape index (κ2) is 13.1. The molecule has 1 saturated heterocycles. The van der Waals surface area contributed by atoms with Crippen LogP contribution in [-0.4, -0.2) is 68.2 Å². The van der Waals surface area contributed by atoms with Crippen molar-refractivity contribution < 1.29 is 9.59 Å². The second-order valence-corrected chi connectivity index (χ2v) is 11.1. The molecule has 218 valence electrons. The van der Waals surface area contributed by atoms with Crippen molar-refractivity contribution in [3.05, 3.63) is 89.8 Å². The molecule has 4 heterocycles. The molecule has 4 aromatic rings. The van der Waals surface area contributed by atoms with E-state index in [-0.39, 0.29) is 17.9 Å². The molecule has 0 unspecified atom stereocenters. The van der Waals surface area contributed by atoms with Crippen LogP contribution in [0.1, 0.15) is 66.1 Å². The lowest BCUT2D eigenvalue weighted by Crippen LogP contribution is -2.38. The second-order valence-electron chi connectivity index (χ2n) is 11.1. The van der Waals surface area contributed by atoms with Gasteiger partial charge in [-0.1, -0.05) is 31.6 Å². The van der Waals surface area contributed by atoms with Gasteiger partial charge in [0.15, 0.2) is 0 Å². The fourth-order valence-electron chi connectivity index (χ4n) is 5.53. The van der Waals surface area contributed by atoms with Crippen molar-refractivity contribution in [2.45, 2.75) is 52.0 Å². The summed E-state index contributed by atoms with van der Waals surface area (Å²) < 4.78 is 2.08. The highest BCUT2D eigenvalue weighted by Crippen LogP contribution is 2.35. The average molecular weight is 566 g/mol. The highest BCUT2D eigenvalue weighted by molar-refractivity contribution is 6.04. The summed E-state index contributed by atoms with van der Waals surface area (Å²) in [4.78, 5) is 44.2. The summed E-state index contributed by atoms with van der Waals surface area (Å²) in [6.45, 7) is 5.50. The summed E-state index contributed by atoms with van der Waals surface area (Å²) in [5.74, 6) is 1.18. The molecule has 5 rings (SSSR count). The topological polar surface area (TPSA) is 95.7 Å². The summed E-state index contributed by atoms with van der Waals surface area (Å²) >= 11 is 0. The van der Waals surface area contributed by atoms with Crippen molar-refractivity contribution in [2.24, 2.45) is 0 Å². The molecule has 3 aromatic heterocycles. The van der Waals surface area contributed by atoms with E-state index in [1.807, 2.05) is 79.5 Å². The molecule has 1 aliphatic heterocycles. The molecule has 2 amide bonds. The van der Waals surface area contributed by atoms with Crippen LogP contribution in [0.4, 0.5) is 5.82 Å². The zero-order chi connectivity index (χ0) is 29.6. The average Bonchev–Trinajstić information content (AvgIpc) is 3.38. The van der Waals surface area contributed by atoms with E-state index in [0.717, 1.165) is 66.0 Å². The summed E-state index contributed by atoms with van der Waals surface area (Å²) in [6, 6.07) is 11.2. The van der Waals surface area contributed by atoms with Crippen LogP contribution in [0, 0.1) is 6.92 Å². The third-order valence-corrected chi connectivity index (χ3v) is 7.61. The zero-order valence-corrected chi connectivity index (χ0v) is 24.9. The monoisotopic (exact) mass is 565 g/mol. The number of aryl methyl sites for hydroxylation is 2. The number of carbonyl (C=O) groups is 2. The van der Waals surface area contributed by atoms with Crippen molar-refractivity contribution in [1.29, 1.82) is 0 Å². The molecule has 42 heavy (non-hydrogen) atoms.